The van der Waals surface area contributed by atoms with Crippen LogP contribution in [0.5, 0.6) is 0 Å². The summed E-state index contributed by atoms with van der Waals surface area (Å²) in [5.41, 5.74) is 7.55. The lowest BCUT2D eigenvalue weighted by atomic mass is 9.95. The van der Waals surface area contributed by atoms with E-state index in [2.05, 4.69) is 33.9 Å². The standard InChI is InChI=1S/C16H25ClN4/c1-19-6-5-16(12-18,13-19)21-9-7-20(8-10-21)15-4-2-3-14(17)11-15/h2-4,11H,5-10,12-13,18H2,1H3. The monoisotopic (exact) mass is 308 g/mol. The largest absolute Gasteiger partial charge is 0.369 e. The Morgan fingerprint density at radius 2 is 1.95 bits per heavy atom. The van der Waals surface area contributed by atoms with Crippen LogP contribution in [0.15, 0.2) is 24.3 Å². The van der Waals surface area contributed by atoms with E-state index < -0.39 is 0 Å². The fourth-order valence-corrected chi connectivity index (χ4v) is 3.91. The van der Waals surface area contributed by atoms with Crippen LogP contribution in [-0.2, 0) is 0 Å². The van der Waals surface area contributed by atoms with Crippen LogP contribution in [0.1, 0.15) is 6.42 Å². The second-order valence-corrected chi connectivity index (χ2v) is 6.81. The molecule has 0 spiro atoms. The number of piperazine rings is 1. The van der Waals surface area contributed by atoms with E-state index in [0.29, 0.717) is 0 Å². The van der Waals surface area contributed by atoms with Crippen molar-refractivity contribution in [1.82, 2.24) is 9.80 Å². The normalized spacial score (nSPS) is 28.2. The second kappa shape index (κ2) is 6.13. The number of hydrogen-bond donors (Lipinski definition) is 1. The quantitative estimate of drug-likeness (QED) is 0.918. The molecule has 1 aromatic rings. The first-order chi connectivity index (χ1) is 10.1. The summed E-state index contributed by atoms with van der Waals surface area (Å²) in [6.07, 6.45) is 1.19. The predicted octanol–water partition coefficient (Wildman–Crippen LogP) is 1.50. The van der Waals surface area contributed by atoms with E-state index >= 15 is 0 Å². The molecule has 1 aromatic carbocycles. The number of halogens is 1. The van der Waals surface area contributed by atoms with E-state index in [9.17, 15) is 0 Å². The van der Waals surface area contributed by atoms with Crippen LogP contribution in [0.2, 0.25) is 5.02 Å². The molecule has 2 aliphatic rings. The van der Waals surface area contributed by atoms with Gasteiger partial charge in [0, 0.05) is 55.5 Å². The van der Waals surface area contributed by atoms with Gasteiger partial charge in [0.15, 0.2) is 0 Å². The molecule has 5 heteroatoms. The maximum Gasteiger partial charge on any atom is 0.0471 e. The van der Waals surface area contributed by atoms with Gasteiger partial charge in [0.05, 0.1) is 0 Å². The van der Waals surface area contributed by atoms with Gasteiger partial charge >= 0.3 is 0 Å². The van der Waals surface area contributed by atoms with E-state index in [1.54, 1.807) is 0 Å². The van der Waals surface area contributed by atoms with E-state index in [4.69, 9.17) is 17.3 Å². The van der Waals surface area contributed by atoms with Crippen LogP contribution in [0.25, 0.3) is 0 Å². The lowest BCUT2D eigenvalue weighted by Gasteiger charge is -2.46. The minimum atomic E-state index is 0.190. The van der Waals surface area contributed by atoms with Gasteiger partial charge in [-0.1, -0.05) is 17.7 Å². The van der Waals surface area contributed by atoms with Gasteiger partial charge in [-0.05, 0) is 38.2 Å². The zero-order valence-corrected chi connectivity index (χ0v) is 13.5. The van der Waals surface area contributed by atoms with Gasteiger partial charge in [0.25, 0.3) is 0 Å². The summed E-state index contributed by atoms with van der Waals surface area (Å²) in [5, 5.41) is 0.811. The third kappa shape index (κ3) is 3.04. The number of hydrogen-bond acceptors (Lipinski definition) is 4. The van der Waals surface area contributed by atoms with Crippen LogP contribution in [0, 0.1) is 0 Å². The number of nitrogens with two attached hydrogens (primary N) is 1. The van der Waals surface area contributed by atoms with Crippen LogP contribution in [0.3, 0.4) is 0 Å². The molecule has 116 valence electrons. The van der Waals surface area contributed by atoms with Crippen LogP contribution >= 0.6 is 11.6 Å². The Kier molecular flexibility index (Phi) is 4.41. The molecule has 4 nitrogen and oxygen atoms in total. The van der Waals surface area contributed by atoms with Crippen molar-refractivity contribution in [2.45, 2.75) is 12.0 Å². The van der Waals surface area contributed by atoms with Crippen molar-refractivity contribution in [3.05, 3.63) is 29.3 Å². The molecule has 0 radical (unpaired) electrons. The van der Waals surface area contributed by atoms with E-state index in [-0.39, 0.29) is 5.54 Å². The molecule has 2 heterocycles. The molecule has 2 aliphatic heterocycles. The molecule has 0 saturated carbocycles. The highest BCUT2D eigenvalue weighted by Gasteiger charge is 2.41. The molecular formula is C16H25ClN4. The molecule has 1 unspecified atom stereocenters. The Bertz CT molecular complexity index is 487. The summed E-state index contributed by atoms with van der Waals surface area (Å²) in [4.78, 5) is 7.43. The topological polar surface area (TPSA) is 35.7 Å². The fourth-order valence-electron chi connectivity index (χ4n) is 3.73. The molecule has 2 saturated heterocycles. The number of likely N-dealkylation sites (tertiary alicyclic amines) is 1. The van der Waals surface area contributed by atoms with E-state index in [1.807, 2.05) is 12.1 Å². The highest BCUT2D eigenvalue weighted by molar-refractivity contribution is 6.30. The first-order valence-corrected chi connectivity index (χ1v) is 8.15. The highest BCUT2D eigenvalue weighted by Crippen LogP contribution is 2.29. The maximum atomic E-state index is 6.13. The average molecular weight is 309 g/mol. The van der Waals surface area contributed by atoms with Crippen molar-refractivity contribution in [1.29, 1.82) is 0 Å². The maximum absolute atomic E-state index is 6.13. The third-order valence-electron chi connectivity index (χ3n) is 5.03. The smallest absolute Gasteiger partial charge is 0.0471 e. The molecule has 2 fully saturated rings. The molecule has 2 N–H and O–H groups in total. The Balaban J connectivity index is 1.65. The van der Waals surface area contributed by atoms with Gasteiger partial charge in [-0.3, -0.25) is 4.90 Å². The van der Waals surface area contributed by atoms with Gasteiger partial charge in [-0.25, -0.2) is 0 Å². The number of anilines is 1. The minimum Gasteiger partial charge on any atom is -0.369 e. The number of benzene rings is 1. The predicted molar refractivity (Wildman–Crippen MR) is 89.1 cm³/mol. The summed E-state index contributed by atoms with van der Waals surface area (Å²) in [5.74, 6) is 0. The molecule has 1 atom stereocenters. The Labute approximate surface area is 132 Å². The summed E-state index contributed by atoms with van der Waals surface area (Å²) in [7, 11) is 2.19. The molecule has 21 heavy (non-hydrogen) atoms. The Morgan fingerprint density at radius 3 is 2.52 bits per heavy atom. The van der Waals surface area contributed by atoms with Crippen molar-refractivity contribution in [2.24, 2.45) is 5.73 Å². The van der Waals surface area contributed by atoms with Crippen molar-refractivity contribution >= 4 is 17.3 Å². The van der Waals surface area contributed by atoms with Crippen LogP contribution < -0.4 is 10.6 Å². The number of likely N-dealkylation sites (N-methyl/N-ethyl adjacent to an activating group) is 1. The van der Waals surface area contributed by atoms with E-state index in [0.717, 1.165) is 50.8 Å². The summed E-state index contributed by atoms with van der Waals surface area (Å²) in [6, 6.07) is 8.15. The molecular weight excluding hydrogens is 284 g/mol. The molecule has 0 aromatic heterocycles. The van der Waals surface area contributed by atoms with Crippen molar-refractivity contribution < 1.29 is 0 Å². The molecule has 0 aliphatic carbocycles. The van der Waals surface area contributed by atoms with Crippen LogP contribution in [0.4, 0.5) is 5.69 Å². The first kappa shape index (κ1) is 15.1. The zero-order chi connectivity index (χ0) is 14.9. The van der Waals surface area contributed by atoms with Gasteiger partial charge in [0.2, 0.25) is 0 Å². The summed E-state index contributed by atoms with van der Waals surface area (Å²) in [6.45, 7) is 7.27. The minimum absolute atomic E-state index is 0.190. The lowest BCUT2D eigenvalue weighted by Crippen LogP contribution is -2.61. The SMILES string of the molecule is CN1CCC(CN)(N2CCN(c3cccc(Cl)c3)CC2)C1. The van der Waals surface area contributed by atoms with Crippen molar-refractivity contribution in [3.63, 3.8) is 0 Å². The Hall–Kier alpha value is -0.810. The fraction of sp³-hybridized carbons (Fsp3) is 0.625. The third-order valence-corrected chi connectivity index (χ3v) is 5.26. The zero-order valence-electron chi connectivity index (χ0n) is 12.8. The van der Waals surface area contributed by atoms with Crippen molar-refractivity contribution in [3.8, 4) is 0 Å². The Morgan fingerprint density at radius 1 is 1.19 bits per heavy atom. The van der Waals surface area contributed by atoms with Gasteiger partial charge in [-0.15, -0.1) is 0 Å². The average Bonchev–Trinajstić information content (AvgIpc) is 2.90. The van der Waals surface area contributed by atoms with Crippen molar-refractivity contribution in [2.75, 3.05) is 57.8 Å². The molecule has 3 rings (SSSR count). The van der Waals surface area contributed by atoms with Gasteiger partial charge in [0.1, 0.15) is 0 Å². The summed E-state index contributed by atoms with van der Waals surface area (Å²) >= 11 is 6.10. The van der Waals surface area contributed by atoms with Gasteiger partial charge in [-0.2, -0.15) is 0 Å². The summed E-state index contributed by atoms with van der Waals surface area (Å²) < 4.78 is 0. The van der Waals surface area contributed by atoms with Gasteiger partial charge < -0.3 is 15.5 Å². The first-order valence-electron chi connectivity index (χ1n) is 7.77. The van der Waals surface area contributed by atoms with E-state index in [1.165, 1.54) is 12.1 Å². The highest BCUT2D eigenvalue weighted by atomic mass is 35.5. The van der Waals surface area contributed by atoms with Crippen LogP contribution in [-0.4, -0.2) is 68.2 Å². The second-order valence-electron chi connectivity index (χ2n) is 6.37. The molecule has 0 amide bonds. The molecule has 0 bridgehead atoms. The lowest BCUT2D eigenvalue weighted by molar-refractivity contribution is 0.0946. The number of rotatable bonds is 3. The number of nitrogens with zero attached hydrogens (tertiary/aromatic N) is 3.